The minimum Gasteiger partial charge on any atom is -0.357 e. The van der Waals surface area contributed by atoms with Gasteiger partial charge < -0.3 is 10.2 Å². The van der Waals surface area contributed by atoms with Gasteiger partial charge in [0.05, 0.1) is 5.01 Å². The first kappa shape index (κ1) is 20.4. The predicted molar refractivity (Wildman–Crippen MR) is 113 cm³/mol. The molecular formula is C16H25IN4S2. The van der Waals surface area contributed by atoms with E-state index in [1.54, 1.807) is 11.3 Å². The molecule has 7 heteroatoms. The summed E-state index contributed by atoms with van der Waals surface area (Å²) in [7, 11) is 2.10. The molecule has 0 spiro atoms. The average Bonchev–Trinajstić information content (AvgIpc) is 3.15. The van der Waals surface area contributed by atoms with Crippen LogP contribution in [0.1, 0.15) is 21.7 Å². The first-order valence-electron chi connectivity index (χ1n) is 7.62. The van der Waals surface area contributed by atoms with Crippen LogP contribution in [0.25, 0.3) is 0 Å². The van der Waals surface area contributed by atoms with Gasteiger partial charge in [0.25, 0.3) is 0 Å². The van der Waals surface area contributed by atoms with Crippen LogP contribution in [0.15, 0.2) is 28.7 Å². The molecule has 2 aromatic rings. The third kappa shape index (κ3) is 7.17. The van der Waals surface area contributed by atoms with Crippen molar-refractivity contribution in [2.24, 2.45) is 4.99 Å². The molecule has 2 aromatic heterocycles. The van der Waals surface area contributed by atoms with Gasteiger partial charge in [-0.3, -0.25) is 4.99 Å². The lowest BCUT2D eigenvalue weighted by molar-refractivity contribution is 0.487. The topological polar surface area (TPSA) is 40.5 Å². The van der Waals surface area contributed by atoms with Crippen LogP contribution in [0, 0.1) is 6.92 Å². The molecule has 23 heavy (non-hydrogen) atoms. The summed E-state index contributed by atoms with van der Waals surface area (Å²) in [4.78, 5) is 14.0. The normalized spacial score (nSPS) is 11.2. The summed E-state index contributed by atoms with van der Waals surface area (Å²) >= 11 is 3.57. The number of halogens is 1. The highest BCUT2D eigenvalue weighted by Crippen LogP contribution is 2.12. The Labute approximate surface area is 164 Å². The Morgan fingerprint density at radius 3 is 2.83 bits per heavy atom. The molecule has 128 valence electrons. The lowest BCUT2D eigenvalue weighted by Gasteiger charge is -2.21. The number of rotatable bonds is 7. The average molecular weight is 464 g/mol. The van der Waals surface area contributed by atoms with Gasteiger partial charge in [-0.05, 0) is 31.7 Å². The minimum absolute atomic E-state index is 0. The molecule has 1 N–H and O–H groups in total. The summed E-state index contributed by atoms with van der Waals surface area (Å²) in [6.45, 7) is 6.83. The van der Waals surface area contributed by atoms with E-state index in [0.29, 0.717) is 0 Å². The lowest BCUT2D eigenvalue weighted by Crippen LogP contribution is -2.40. The van der Waals surface area contributed by atoms with Crippen LogP contribution in [0.3, 0.4) is 0 Å². The molecule has 4 nitrogen and oxygen atoms in total. The molecular weight excluding hydrogens is 439 g/mol. The van der Waals surface area contributed by atoms with Crippen molar-refractivity contribution in [2.45, 2.75) is 26.7 Å². The van der Waals surface area contributed by atoms with Crippen molar-refractivity contribution in [3.63, 3.8) is 0 Å². The summed E-state index contributed by atoms with van der Waals surface area (Å²) in [6.07, 6.45) is 3.90. The molecule has 0 atom stereocenters. The van der Waals surface area contributed by atoms with E-state index in [1.807, 2.05) is 17.5 Å². The molecule has 0 aliphatic rings. The van der Waals surface area contributed by atoms with Crippen molar-refractivity contribution in [2.75, 3.05) is 26.7 Å². The Morgan fingerprint density at radius 1 is 1.39 bits per heavy atom. The maximum atomic E-state index is 4.72. The largest absolute Gasteiger partial charge is 0.357 e. The van der Waals surface area contributed by atoms with Crippen molar-refractivity contribution < 1.29 is 0 Å². The fourth-order valence-electron chi connectivity index (χ4n) is 2.08. The summed E-state index contributed by atoms with van der Waals surface area (Å²) in [5.41, 5.74) is 0. The van der Waals surface area contributed by atoms with Crippen LogP contribution in [0.5, 0.6) is 0 Å². The first-order valence-corrected chi connectivity index (χ1v) is 9.31. The van der Waals surface area contributed by atoms with Gasteiger partial charge in [0.15, 0.2) is 5.96 Å². The van der Waals surface area contributed by atoms with Gasteiger partial charge >= 0.3 is 0 Å². The maximum Gasteiger partial charge on any atom is 0.193 e. The quantitative estimate of drug-likeness (QED) is 0.385. The van der Waals surface area contributed by atoms with E-state index in [0.717, 1.165) is 38.4 Å². The third-order valence-electron chi connectivity index (χ3n) is 3.23. The molecule has 0 unspecified atom stereocenters. The number of guanidine groups is 1. The zero-order chi connectivity index (χ0) is 15.8. The number of aliphatic imine (C=N–C) groups is 1. The Bertz CT molecular complexity index is 581. The van der Waals surface area contributed by atoms with E-state index in [9.17, 15) is 0 Å². The lowest BCUT2D eigenvalue weighted by atomic mass is 10.3. The second-order valence-corrected chi connectivity index (χ2v) is 7.45. The maximum absolute atomic E-state index is 4.72. The SMILES string of the molecule is CCNC(=NCCc1ncc(C)s1)N(C)CCc1cccs1.I. The molecule has 0 fully saturated rings. The zero-order valence-corrected chi connectivity index (χ0v) is 17.9. The van der Waals surface area contributed by atoms with E-state index >= 15 is 0 Å². The number of hydrogen-bond donors (Lipinski definition) is 1. The van der Waals surface area contributed by atoms with Crippen molar-refractivity contribution in [1.29, 1.82) is 0 Å². The molecule has 0 radical (unpaired) electrons. The Balaban J connectivity index is 0.00000264. The van der Waals surface area contributed by atoms with Gasteiger partial charge in [-0.1, -0.05) is 6.07 Å². The van der Waals surface area contributed by atoms with Gasteiger partial charge in [0, 0.05) is 49.1 Å². The fraction of sp³-hybridized carbons (Fsp3) is 0.500. The third-order valence-corrected chi connectivity index (χ3v) is 5.14. The predicted octanol–water partition coefficient (Wildman–Crippen LogP) is 3.81. The smallest absolute Gasteiger partial charge is 0.193 e. The number of nitrogens with zero attached hydrogens (tertiary/aromatic N) is 3. The van der Waals surface area contributed by atoms with E-state index in [-0.39, 0.29) is 24.0 Å². The standard InChI is InChI=1S/C16H24N4S2.HI/c1-4-17-16(18-9-7-15-19-12-13(2)22-15)20(3)10-8-14-6-5-11-21-14;/h5-6,11-12H,4,7-10H2,1-3H3,(H,17,18);1H. The first-order chi connectivity index (χ1) is 10.7. The highest BCUT2D eigenvalue weighted by Gasteiger charge is 2.06. The van der Waals surface area contributed by atoms with Gasteiger partial charge in [0.1, 0.15) is 0 Å². The van der Waals surface area contributed by atoms with E-state index in [4.69, 9.17) is 4.99 Å². The van der Waals surface area contributed by atoms with Gasteiger partial charge in [-0.15, -0.1) is 46.7 Å². The highest BCUT2D eigenvalue weighted by molar-refractivity contribution is 14.0. The molecule has 0 amide bonds. The van der Waals surface area contributed by atoms with Crippen molar-refractivity contribution in [3.8, 4) is 0 Å². The zero-order valence-electron chi connectivity index (χ0n) is 13.9. The molecule has 0 saturated carbocycles. The molecule has 0 saturated heterocycles. The summed E-state index contributed by atoms with van der Waals surface area (Å²) in [5, 5.41) is 6.66. The van der Waals surface area contributed by atoms with E-state index in [2.05, 4.69) is 53.6 Å². The monoisotopic (exact) mass is 464 g/mol. The van der Waals surface area contributed by atoms with Crippen molar-refractivity contribution in [3.05, 3.63) is 38.5 Å². The molecule has 2 rings (SSSR count). The minimum atomic E-state index is 0. The number of aryl methyl sites for hydroxylation is 1. The van der Waals surface area contributed by atoms with Gasteiger partial charge in [-0.2, -0.15) is 0 Å². The van der Waals surface area contributed by atoms with Crippen molar-refractivity contribution >= 4 is 52.6 Å². The van der Waals surface area contributed by atoms with Crippen LogP contribution in [-0.4, -0.2) is 42.5 Å². The van der Waals surface area contributed by atoms with Crippen LogP contribution in [0.2, 0.25) is 0 Å². The molecule has 0 aromatic carbocycles. The second-order valence-electron chi connectivity index (χ2n) is 5.10. The molecule has 0 bridgehead atoms. The van der Waals surface area contributed by atoms with E-state index in [1.165, 1.54) is 14.8 Å². The molecule has 0 aliphatic heterocycles. The number of aromatic nitrogens is 1. The Morgan fingerprint density at radius 2 is 2.22 bits per heavy atom. The fourth-order valence-corrected chi connectivity index (χ4v) is 3.56. The van der Waals surface area contributed by atoms with Crippen LogP contribution in [0.4, 0.5) is 0 Å². The Hall–Kier alpha value is -0.670. The van der Waals surface area contributed by atoms with E-state index < -0.39 is 0 Å². The molecule has 0 aliphatic carbocycles. The summed E-state index contributed by atoms with van der Waals surface area (Å²) < 4.78 is 0. The second kappa shape index (κ2) is 11.0. The summed E-state index contributed by atoms with van der Waals surface area (Å²) in [5.74, 6) is 0.979. The van der Waals surface area contributed by atoms with Crippen LogP contribution >= 0.6 is 46.7 Å². The molecule has 2 heterocycles. The number of thiazole rings is 1. The highest BCUT2D eigenvalue weighted by atomic mass is 127. The van der Waals surface area contributed by atoms with Crippen molar-refractivity contribution in [1.82, 2.24) is 15.2 Å². The van der Waals surface area contributed by atoms with Crippen LogP contribution < -0.4 is 5.32 Å². The number of hydrogen-bond acceptors (Lipinski definition) is 4. The number of nitrogens with one attached hydrogen (secondary N) is 1. The number of thiophene rings is 1. The Kier molecular flexibility index (Phi) is 9.73. The van der Waals surface area contributed by atoms with Gasteiger partial charge in [-0.25, -0.2) is 4.98 Å². The number of likely N-dealkylation sites (N-methyl/N-ethyl adjacent to an activating group) is 1. The van der Waals surface area contributed by atoms with Crippen LogP contribution in [-0.2, 0) is 12.8 Å². The van der Waals surface area contributed by atoms with Gasteiger partial charge in [0.2, 0.25) is 0 Å². The summed E-state index contributed by atoms with van der Waals surface area (Å²) in [6, 6.07) is 4.29.